The molecule has 0 fully saturated rings. The molecule has 1 aromatic carbocycles. The van der Waals surface area contributed by atoms with Gasteiger partial charge in [-0.05, 0) is 25.6 Å². The Morgan fingerprint density at radius 2 is 1.94 bits per heavy atom. The number of aryl methyl sites for hydroxylation is 1. The third-order valence-electron chi connectivity index (χ3n) is 2.48. The summed E-state index contributed by atoms with van der Waals surface area (Å²) in [6.07, 6.45) is 0. The van der Waals surface area contributed by atoms with Gasteiger partial charge in [-0.15, -0.1) is 23.7 Å². The summed E-state index contributed by atoms with van der Waals surface area (Å²) >= 11 is 5.22. The molecule has 0 radical (unpaired) electrons. The van der Waals surface area contributed by atoms with Crippen molar-refractivity contribution in [1.29, 1.82) is 0 Å². The average molecular weight is 348 g/mol. The van der Waals surface area contributed by atoms with E-state index in [1.54, 1.807) is 11.3 Å². The van der Waals surface area contributed by atoms with Crippen molar-refractivity contribution < 1.29 is 0 Å². The Morgan fingerprint density at radius 3 is 2.56 bits per heavy atom. The van der Waals surface area contributed by atoms with Crippen LogP contribution in [-0.2, 0) is 6.54 Å². The summed E-state index contributed by atoms with van der Waals surface area (Å²) in [6, 6.07) is 8.31. The predicted octanol–water partition coefficient (Wildman–Crippen LogP) is 4.41. The number of benzene rings is 1. The Kier molecular flexibility index (Phi) is 6.29. The molecule has 0 saturated heterocycles. The van der Waals surface area contributed by atoms with Gasteiger partial charge in [0, 0.05) is 21.5 Å². The van der Waals surface area contributed by atoms with Crippen LogP contribution in [0.1, 0.15) is 16.8 Å². The molecule has 5 heteroatoms. The van der Waals surface area contributed by atoms with E-state index in [-0.39, 0.29) is 12.4 Å². The topological polar surface area (TPSA) is 24.9 Å². The maximum atomic E-state index is 4.69. The Labute approximate surface area is 126 Å². The number of hydrogen-bond donors (Lipinski definition) is 1. The molecule has 0 bridgehead atoms. The van der Waals surface area contributed by atoms with Gasteiger partial charge in [-0.1, -0.05) is 35.0 Å². The van der Waals surface area contributed by atoms with Crippen LogP contribution in [0.4, 0.5) is 0 Å². The quantitative estimate of drug-likeness (QED) is 0.886. The SMILES string of the molecule is CCNCc1nc(-c2ccc(Br)cc2)c(C)s1.Cl. The lowest BCUT2D eigenvalue weighted by Crippen LogP contribution is -2.11. The Bertz CT molecular complexity index is 496. The number of nitrogens with zero attached hydrogens (tertiary/aromatic N) is 1. The van der Waals surface area contributed by atoms with Gasteiger partial charge < -0.3 is 5.32 Å². The minimum atomic E-state index is 0. The standard InChI is InChI=1S/C13H15BrN2S.ClH/c1-3-15-8-12-16-13(9(2)17-12)10-4-6-11(14)7-5-10;/h4-7,15H,3,8H2,1-2H3;1H. The van der Waals surface area contributed by atoms with Crippen molar-refractivity contribution in [3.8, 4) is 11.3 Å². The summed E-state index contributed by atoms with van der Waals surface area (Å²) in [5.74, 6) is 0. The highest BCUT2D eigenvalue weighted by Crippen LogP contribution is 2.28. The molecule has 2 aromatic rings. The maximum absolute atomic E-state index is 4.69. The van der Waals surface area contributed by atoms with Gasteiger partial charge in [0.15, 0.2) is 0 Å². The predicted molar refractivity (Wildman–Crippen MR) is 84.6 cm³/mol. The number of hydrogen-bond acceptors (Lipinski definition) is 3. The maximum Gasteiger partial charge on any atom is 0.107 e. The van der Waals surface area contributed by atoms with Gasteiger partial charge in [0.1, 0.15) is 5.01 Å². The van der Waals surface area contributed by atoms with Crippen LogP contribution >= 0.6 is 39.7 Å². The number of nitrogens with one attached hydrogen (secondary N) is 1. The summed E-state index contributed by atoms with van der Waals surface area (Å²) in [5, 5.41) is 4.46. The summed E-state index contributed by atoms with van der Waals surface area (Å²) in [5.41, 5.74) is 2.29. The lowest BCUT2D eigenvalue weighted by atomic mass is 10.1. The lowest BCUT2D eigenvalue weighted by molar-refractivity contribution is 0.723. The minimum absolute atomic E-state index is 0. The molecule has 0 aliphatic heterocycles. The number of halogens is 2. The molecule has 0 atom stereocenters. The van der Waals surface area contributed by atoms with Gasteiger partial charge in [-0.25, -0.2) is 4.98 Å². The molecule has 1 heterocycles. The van der Waals surface area contributed by atoms with E-state index in [2.05, 4.69) is 64.3 Å². The molecule has 2 nitrogen and oxygen atoms in total. The highest BCUT2D eigenvalue weighted by molar-refractivity contribution is 9.10. The van der Waals surface area contributed by atoms with Crippen LogP contribution in [-0.4, -0.2) is 11.5 Å². The van der Waals surface area contributed by atoms with Crippen molar-refractivity contribution in [3.05, 3.63) is 38.6 Å². The van der Waals surface area contributed by atoms with E-state index in [1.807, 2.05) is 0 Å². The third kappa shape index (κ3) is 3.79. The fourth-order valence-corrected chi connectivity index (χ4v) is 2.82. The van der Waals surface area contributed by atoms with Crippen molar-refractivity contribution in [2.24, 2.45) is 0 Å². The zero-order valence-electron chi connectivity index (χ0n) is 10.4. The summed E-state index contributed by atoms with van der Waals surface area (Å²) in [7, 11) is 0. The molecular formula is C13H16BrClN2S. The van der Waals surface area contributed by atoms with Crippen molar-refractivity contribution in [2.45, 2.75) is 20.4 Å². The number of thiazole rings is 1. The third-order valence-corrected chi connectivity index (χ3v) is 3.98. The molecule has 1 aromatic heterocycles. The van der Waals surface area contributed by atoms with Gasteiger partial charge in [0.25, 0.3) is 0 Å². The van der Waals surface area contributed by atoms with E-state index in [4.69, 9.17) is 0 Å². The van der Waals surface area contributed by atoms with Gasteiger partial charge >= 0.3 is 0 Å². The number of rotatable bonds is 4. The van der Waals surface area contributed by atoms with Crippen molar-refractivity contribution in [3.63, 3.8) is 0 Å². The van der Waals surface area contributed by atoms with Crippen LogP contribution in [0.15, 0.2) is 28.7 Å². The number of aromatic nitrogens is 1. The molecule has 0 aliphatic carbocycles. The molecule has 18 heavy (non-hydrogen) atoms. The normalized spacial score (nSPS) is 10.2. The molecule has 0 saturated carbocycles. The lowest BCUT2D eigenvalue weighted by Gasteiger charge is -1.98. The Morgan fingerprint density at radius 1 is 1.28 bits per heavy atom. The summed E-state index contributed by atoms with van der Waals surface area (Å²) in [6.45, 7) is 6.07. The second-order valence-corrected chi connectivity index (χ2v) is 6.00. The Balaban J connectivity index is 0.00000162. The van der Waals surface area contributed by atoms with Crippen LogP contribution in [0.5, 0.6) is 0 Å². The van der Waals surface area contributed by atoms with Gasteiger partial charge in [-0.3, -0.25) is 0 Å². The molecule has 0 unspecified atom stereocenters. The second kappa shape index (κ2) is 7.24. The molecule has 1 N–H and O–H groups in total. The molecule has 0 aliphatic rings. The van der Waals surface area contributed by atoms with Crippen LogP contribution in [0.2, 0.25) is 0 Å². The largest absolute Gasteiger partial charge is 0.311 e. The van der Waals surface area contributed by atoms with E-state index in [0.29, 0.717) is 0 Å². The van der Waals surface area contributed by atoms with Crippen LogP contribution in [0.3, 0.4) is 0 Å². The van der Waals surface area contributed by atoms with Gasteiger partial charge in [0.05, 0.1) is 5.69 Å². The fraction of sp³-hybridized carbons (Fsp3) is 0.308. The summed E-state index contributed by atoms with van der Waals surface area (Å²) in [4.78, 5) is 5.97. The summed E-state index contributed by atoms with van der Waals surface area (Å²) < 4.78 is 1.10. The molecule has 98 valence electrons. The zero-order chi connectivity index (χ0) is 12.3. The smallest absolute Gasteiger partial charge is 0.107 e. The van der Waals surface area contributed by atoms with Crippen molar-refractivity contribution in [1.82, 2.24) is 10.3 Å². The van der Waals surface area contributed by atoms with E-state index in [0.717, 1.165) is 28.3 Å². The van der Waals surface area contributed by atoms with Crippen LogP contribution in [0, 0.1) is 6.92 Å². The molecule has 0 spiro atoms. The van der Waals surface area contributed by atoms with Gasteiger partial charge in [-0.2, -0.15) is 0 Å². The van der Waals surface area contributed by atoms with Crippen LogP contribution in [0.25, 0.3) is 11.3 Å². The fourth-order valence-electron chi connectivity index (χ4n) is 1.63. The first-order valence-corrected chi connectivity index (χ1v) is 7.24. The first-order chi connectivity index (χ1) is 8.20. The minimum Gasteiger partial charge on any atom is -0.311 e. The van der Waals surface area contributed by atoms with Gasteiger partial charge in [0.2, 0.25) is 0 Å². The van der Waals surface area contributed by atoms with E-state index >= 15 is 0 Å². The zero-order valence-corrected chi connectivity index (χ0v) is 13.6. The van der Waals surface area contributed by atoms with Crippen molar-refractivity contribution >= 4 is 39.7 Å². The monoisotopic (exact) mass is 346 g/mol. The second-order valence-electron chi connectivity index (χ2n) is 3.80. The first-order valence-electron chi connectivity index (χ1n) is 5.63. The molecule has 0 amide bonds. The van der Waals surface area contributed by atoms with E-state index in [9.17, 15) is 0 Å². The highest BCUT2D eigenvalue weighted by Gasteiger charge is 2.09. The highest BCUT2D eigenvalue weighted by atomic mass is 79.9. The Hall–Kier alpha value is -0.420. The molecular weight excluding hydrogens is 332 g/mol. The molecule has 2 rings (SSSR count). The van der Waals surface area contributed by atoms with Crippen LogP contribution < -0.4 is 5.32 Å². The first kappa shape index (κ1) is 15.6. The van der Waals surface area contributed by atoms with E-state index < -0.39 is 0 Å². The average Bonchev–Trinajstić information content (AvgIpc) is 2.69. The van der Waals surface area contributed by atoms with Crippen molar-refractivity contribution in [2.75, 3.05) is 6.54 Å². The van der Waals surface area contributed by atoms with E-state index in [1.165, 1.54) is 10.4 Å².